The van der Waals surface area contributed by atoms with E-state index in [9.17, 15) is 9.59 Å². The third-order valence-corrected chi connectivity index (χ3v) is 5.08. The van der Waals surface area contributed by atoms with Crippen molar-refractivity contribution in [3.63, 3.8) is 0 Å². The van der Waals surface area contributed by atoms with Gasteiger partial charge in [-0.2, -0.15) is 0 Å². The van der Waals surface area contributed by atoms with E-state index in [0.717, 1.165) is 4.90 Å². The number of benzene rings is 1. The summed E-state index contributed by atoms with van der Waals surface area (Å²) in [6.07, 6.45) is 0.316. The van der Waals surface area contributed by atoms with Crippen LogP contribution in [0.1, 0.15) is 6.42 Å². The zero-order valence-corrected chi connectivity index (χ0v) is 15.8. The number of aliphatic carboxylic acids is 1. The molecule has 1 N–H and O–H groups in total. The van der Waals surface area contributed by atoms with Crippen molar-refractivity contribution in [3.05, 3.63) is 29.3 Å². The molecule has 138 valence electrons. The number of thioether (sulfide) groups is 1. The molecular formula is C17H23ClN2O4S. The standard InChI is InChI=1S/C17H23ClN2O4S/c1-19(12-17(22)23)10-14-11-20(7-8-24-14)16(21)6-9-25-15-4-2-13(18)3-5-15/h2-5,14H,6-12H2,1H3,(H,22,23). The Morgan fingerprint density at radius 3 is 2.80 bits per heavy atom. The molecular weight excluding hydrogens is 364 g/mol. The molecule has 1 aliphatic heterocycles. The summed E-state index contributed by atoms with van der Waals surface area (Å²) in [5.74, 6) is -0.0531. The first kappa shape index (κ1) is 20.0. The third kappa shape index (κ3) is 7.23. The summed E-state index contributed by atoms with van der Waals surface area (Å²) >= 11 is 7.49. The topological polar surface area (TPSA) is 70.1 Å². The minimum atomic E-state index is -0.870. The number of carboxylic acid groups (broad SMARTS) is 1. The summed E-state index contributed by atoms with van der Waals surface area (Å²) in [5.41, 5.74) is 0. The number of hydrogen-bond donors (Lipinski definition) is 1. The van der Waals surface area contributed by atoms with E-state index in [4.69, 9.17) is 21.4 Å². The number of carbonyl (C=O) groups excluding carboxylic acids is 1. The highest BCUT2D eigenvalue weighted by Gasteiger charge is 2.25. The van der Waals surface area contributed by atoms with Crippen LogP contribution in [0.2, 0.25) is 5.02 Å². The maximum atomic E-state index is 12.4. The van der Waals surface area contributed by atoms with Gasteiger partial charge in [-0.3, -0.25) is 14.5 Å². The predicted octanol–water partition coefficient (Wildman–Crippen LogP) is 2.07. The van der Waals surface area contributed by atoms with Crippen molar-refractivity contribution in [3.8, 4) is 0 Å². The van der Waals surface area contributed by atoms with Crippen LogP contribution < -0.4 is 0 Å². The van der Waals surface area contributed by atoms with Crippen molar-refractivity contribution in [1.82, 2.24) is 9.80 Å². The Labute approximate surface area is 157 Å². The molecule has 6 nitrogen and oxygen atoms in total. The Kier molecular flexibility index (Phi) is 8.02. The summed E-state index contributed by atoms with van der Waals surface area (Å²) < 4.78 is 5.65. The Bertz CT molecular complexity index is 585. The SMILES string of the molecule is CN(CC(=O)O)CC1CN(C(=O)CCSc2ccc(Cl)cc2)CCO1. The zero-order chi connectivity index (χ0) is 18.2. The van der Waals surface area contributed by atoms with Gasteiger partial charge in [0, 0.05) is 41.7 Å². The average Bonchev–Trinajstić information content (AvgIpc) is 2.56. The first-order chi connectivity index (χ1) is 11.9. The van der Waals surface area contributed by atoms with Crippen molar-refractivity contribution in [2.24, 2.45) is 0 Å². The molecule has 1 amide bonds. The molecule has 1 aliphatic rings. The minimum absolute atomic E-state index is 0.0362. The molecule has 2 rings (SSSR count). The van der Waals surface area contributed by atoms with Crippen LogP contribution >= 0.6 is 23.4 Å². The van der Waals surface area contributed by atoms with Crippen molar-refractivity contribution in [2.75, 3.05) is 45.6 Å². The molecule has 1 fully saturated rings. The van der Waals surface area contributed by atoms with E-state index in [2.05, 4.69) is 0 Å². The van der Waals surface area contributed by atoms with Crippen molar-refractivity contribution in [2.45, 2.75) is 17.4 Å². The quantitative estimate of drug-likeness (QED) is 0.690. The number of ether oxygens (including phenoxy) is 1. The number of amides is 1. The van der Waals surface area contributed by atoms with Crippen LogP contribution in [-0.2, 0) is 14.3 Å². The molecule has 1 aromatic carbocycles. The monoisotopic (exact) mass is 386 g/mol. The second-order valence-corrected chi connectivity index (χ2v) is 7.58. The fraction of sp³-hybridized carbons (Fsp3) is 0.529. The molecule has 1 heterocycles. The van der Waals surface area contributed by atoms with Crippen LogP contribution in [0.5, 0.6) is 0 Å². The molecule has 1 aromatic rings. The van der Waals surface area contributed by atoms with Gasteiger partial charge in [-0.25, -0.2) is 0 Å². The average molecular weight is 387 g/mol. The van der Waals surface area contributed by atoms with Gasteiger partial charge in [0.05, 0.1) is 19.3 Å². The summed E-state index contributed by atoms with van der Waals surface area (Å²) in [7, 11) is 1.74. The number of morpholine rings is 1. The summed E-state index contributed by atoms with van der Waals surface area (Å²) in [6, 6.07) is 7.57. The largest absolute Gasteiger partial charge is 0.480 e. The summed E-state index contributed by atoms with van der Waals surface area (Å²) in [5, 5.41) is 9.50. The van der Waals surface area contributed by atoms with Gasteiger partial charge in [0.25, 0.3) is 0 Å². The van der Waals surface area contributed by atoms with Gasteiger partial charge in [0.15, 0.2) is 0 Å². The van der Waals surface area contributed by atoms with Crippen molar-refractivity contribution < 1.29 is 19.4 Å². The number of halogens is 1. The van der Waals surface area contributed by atoms with E-state index < -0.39 is 5.97 Å². The Morgan fingerprint density at radius 2 is 2.12 bits per heavy atom. The lowest BCUT2D eigenvalue weighted by atomic mass is 10.2. The fourth-order valence-electron chi connectivity index (χ4n) is 2.64. The van der Waals surface area contributed by atoms with Gasteiger partial charge in [0.2, 0.25) is 5.91 Å². The maximum absolute atomic E-state index is 12.4. The maximum Gasteiger partial charge on any atom is 0.317 e. The molecule has 1 atom stereocenters. The predicted molar refractivity (Wildman–Crippen MR) is 98.2 cm³/mol. The highest BCUT2D eigenvalue weighted by molar-refractivity contribution is 7.99. The normalized spacial score (nSPS) is 17.7. The molecule has 0 radical (unpaired) electrons. The minimum Gasteiger partial charge on any atom is -0.480 e. The fourth-order valence-corrected chi connectivity index (χ4v) is 3.61. The molecule has 1 saturated heterocycles. The number of carboxylic acids is 1. The first-order valence-electron chi connectivity index (χ1n) is 8.12. The first-order valence-corrected chi connectivity index (χ1v) is 9.48. The van der Waals surface area contributed by atoms with Crippen LogP contribution in [0.15, 0.2) is 29.2 Å². The number of nitrogens with zero attached hydrogens (tertiary/aromatic N) is 2. The van der Waals surface area contributed by atoms with Gasteiger partial charge < -0.3 is 14.7 Å². The zero-order valence-electron chi connectivity index (χ0n) is 14.2. The smallest absolute Gasteiger partial charge is 0.317 e. The lowest BCUT2D eigenvalue weighted by Crippen LogP contribution is -2.49. The van der Waals surface area contributed by atoms with Crippen molar-refractivity contribution in [1.29, 1.82) is 0 Å². The van der Waals surface area contributed by atoms with E-state index in [-0.39, 0.29) is 18.6 Å². The highest BCUT2D eigenvalue weighted by atomic mass is 35.5. The van der Waals surface area contributed by atoms with Crippen LogP contribution in [0, 0.1) is 0 Å². The van der Waals surface area contributed by atoms with Gasteiger partial charge in [-0.15, -0.1) is 11.8 Å². The molecule has 25 heavy (non-hydrogen) atoms. The van der Waals surface area contributed by atoms with E-state index >= 15 is 0 Å². The number of carbonyl (C=O) groups is 2. The molecule has 1 unspecified atom stereocenters. The van der Waals surface area contributed by atoms with E-state index in [0.29, 0.717) is 43.4 Å². The highest BCUT2D eigenvalue weighted by Crippen LogP contribution is 2.21. The molecule has 0 bridgehead atoms. The molecule has 0 saturated carbocycles. The molecule has 0 spiro atoms. The van der Waals surface area contributed by atoms with Crippen LogP contribution in [0.4, 0.5) is 0 Å². The van der Waals surface area contributed by atoms with Crippen LogP contribution in [0.25, 0.3) is 0 Å². The van der Waals surface area contributed by atoms with E-state index in [1.807, 2.05) is 29.2 Å². The lowest BCUT2D eigenvalue weighted by molar-refractivity contribution is -0.142. The van der Waals surface area contributed by atoms with Gasteiger partial charge in [-0.1, -0.05) is 11.6 Å². The molecule has 8 heteroatoms. The second-order valence-electron chi connectivity index (χ2n) is 5.98. The van der Waals surface area contributed by atoms with Gasteiger partial charge in [0.1, 0.15) is 0 Å². The van der Waals surface area contributed by atoms with Crippen LogP contribution in [-0.4, -0.2) is 78.5 Å². The number of rotatable bonds is 8. The van der Waals surface area contributed by atoms with Crippen LogP contribution in [0.3, 0.4) is 0 Å². The Hall–Kier alpha value is -1.28. The molecule has 0 aliphatic carbocycles. The summed E-state index contributed by atoms with van der Waals surface area (Å²) in [6.45, 7) is 2.04. The number of likely N-dealkylation sites (N-methyl/N-ethyl adjacent to an activating group) is 1. The van der Waals surface area contributed by atoms with E-state index in [1.165, 1.54) is 0 Å². The van der Waals surface area contributed by atoms with Gasteiger partial charge in [-0.05, 0) is 31.3 Å². The number of hydrogen-bond acceptors (Lipinski definition) is 5. The Balaban J connectivity index is 1.73. The van der Waals surface area contributed by atoms with E-state index in [1.54, 1.807) is 23.7 Å². The molecule has 0 aromatic heterocycles. The lowest BCUT2D eigenvalue weighted by Gasteiger charge is -2.34. The van der Waals surface area contributed by atoms with Crippen molar-refractivity contribution >= 4 is 35.2 Å². The second kappa shape index (κ2) is 10.0. The third-order valence-electron chi connectivity index (χ3n) is 3.81. The summed E-state index contributed by atoms with van der Waals surface area (Å²) in [4.78, 5) is 27.7. The van der Waals surface area contributed by atoms with Gasteiger partial charge >= 0.3 is 5.97 Å². The Morgan fingerprint density at radius 1 is 1.40 bits per heavy atom.